The standard InChI is InChI=1S/C10H8BrNO/c1-7-8(3-2-4-9(7)11)10-5-6-13-12-10/h2-6H,1H3. The van der Waals surface area contributed by atoms with E-state index in [4.69, 9.17) is 4.52 Å². The minimum Gasteiger partial charge on any atom is -0.364 e. The second kappa shape index (κ2) is 3.34. The second-order valence-corrected chi connectivity index (χ2v) is 3.65. The van der Waals surface area contributed by atoms with Gasteiger partial charge >= 0.3 is 0 Å². The normalized spacial score (nSPS) is 10.3. The highest BCUT2D eigenvalue weighted by Crippen LogP contribution is 2.26. The number of nitrogens with zero attached hydrogens (tertiary/aromatic N) is 1. The summed E-state index contributed by atoms with van der Waals surface area (Å²) in [5.41, 5.74) is 3.15. The van der Waals surface area contributed by atoms with Crippen molar-refractivity contribution < 1.29 is 4.52 Å². The summed E-state index contributed by atoms with van der Waals surface area (Å²) >= 11 is 3.47. The van der Waals surface area contributed by atoms with Crippen LogP contribution >= 0.6 is 15.9 Å². The lowest BCUT2D eigenvalue weighted by Gasteiger charge is -2.02. The first kappa shape index (κ1) is 8.51. The largest absolute Gasteiger partial charge is 0.364 e. The van der Waals surface area contributed by atoms with Crippen LogP contribution in [0.25, 0.3) is 11.3 Å². The average molecular weight is 238 g/mol. The molecular formula is C10H8BrNO. The topological polar surface area (TPSA) is 26.0 Å². The molecule has 2 nitrogen and oxygen atoms in total. The molecule has 0 spiro atoms. The summed E-state index contributed by atoms with van der Waals surface area (Å²) in [6, 6.07) is 7.88. The van der Waals surface area contributed by atoms with Gasteiger partial charge in [-0.05, 0) is 18.6 Å². The van der Waals surface area contributed by atoms with Gasteiger partial charge < -0.3 is 4.52 Å². The highest BCUT2D eigenvalue weighted by atomic mass is 79.9. The predicted molar refractivity (Wildman–Crippen MR) is 54.4 cm³/mol. The van der Waals surface area contributed by atoms with E-state index in [0.717, 1.165) is 15.7 Å². The maximum atomic E-state index is 4.80. The Morgan fingerprint density at radius 1 is 1.31 bits per heavy atom. The monoisotopic (exact) mass is 237 g/mol. The minimum absolute atomic E-state index is 0.874. The first-order valence-electron chi connectivity index (χ1n) is 3.95. The molecule has 1 aromatic heterocycles. The molecule has 0 bridgehead atoms. The maximum absolute atomic E-state index is 4.80. The lowest BCUT2D eigenvalue weighted by atomic mass is 10.1. The lowest BCUT2D eigenvalue weighted by Crippen LogP contribution is -1.83. The SMILES string of the molecule is Cc1c(Br)cccc1-c1ccon1. The van der Waals surface area contributed by atoms with E-state index in [9.17, 15) is 0 Å². The van der Waals surface area contributed by atoms with Crippen LogP contribution in [0.5, 0.6) is 0 Å². The first-order valence-corrected chi connectivity index (χ1v) is 4.74. The smallest absolute Gasteiger partial charge is 0.124 e. The number of aromatic nitrogens is 1. The van der Waals surface area contributed by atoms with Gasteiger partial charge in [0.1, 0.15) is 12.0 Å². The Hall–Kier alpha value is -1.09. The van der Waals surface area contributed by atoms with Crippen LogP contribution in [0.1, 0.15) is 5.56 Å². The maximum Gasteiger partial charge on any atom is 0.124 e. The Balaban J connectivity index is 2.59. The molecule has 0 aliphatic heterocycles. The zero-order valence-electron chi connectivity index (χ0n) is 7.12. The molecule has 0 saturated carbocycles. The van der Waals surface area contributed by atoms with Crippen LogP contribution < -0.4 is 0 Å². The van der Waals surface area contributed by atoms with Crippen LogP contribution in [0.3, 0.4) is 0 Å². The van der Waals surface area contributed by atoms with Crippen molar-refractivity contribution in [1.29, 1.82) is 0 Å². The quantitative estimate of drug-likeness (QED) is 0.760. The Bertz CT molecular complexity index is 409. The highest BCUT2D eigenvalue weighted by Gasteiger charge is 2.05. The summed E-state index contributed by atoms with van der Waals surface area (Å²) in [6.45, 7) is 2.05. The van der Waals surface area contributed by atoms with E-state index in [1.807, 2.05) is 31.2 Å². The fraction of sp³-hybridized carbons (Fsp3) is 0.100. The molecule has 0 fully saturated rings. The average Bonchev–Trinajstić information content (AvgIpc) is 2.62. The molecule has 0 unspecified atom stereocenters. The van der Waals surface area contributed by atoms with Crippen LogP contribution in [0.15, 0.2) is 39.5 Å². The summed E-state index contributed by atoms with van der Waals surface area (Å²) in [5.74, 6) is 0. The molecule has 0 atom stereocenters. The van der Waals surface area contributed by atoms with Crippen molar-refractivity contribution in [3.63, 3.8) is 0 Å². The van der Waals surface area contributed by atoms with E-state index in [-0.39, 0.29) is 0 Å². The van der Waals surface area contributed by atoms with Crippen LogP contribution in [0, 0.1) is 6.92 Å². The molecule has 3 heteroatoms. The molecule has 0 saturated heterocycles. The molecule has 13 heavy (non-hydrogen) atoms. The van der Waals surface area contributed by atoms with Crippen LogP contribution in [-0.4, -0.2) is 5.16 Å². The van der Waals surface area contributed by atoms with Crippen molar-refractivity contribution in [2.45, 2.75) is 6.92 Å². The predicted octanol–water partition coefficient (Wildman–Crippen LogP) is 3.41. The van der Waals surface area contributed by atoms with Crippen LogP contribution in [0.2, 0.25) is 0 Å². The second-order valence-electron chi connectivity index (χ2n) is 2.80. The van der Waals surface area contributed by atoms with Crippen molar-refractivity contribution in [2.24, 2.45) is 0 Å². The number of rotatable bonds is 1. The summed E-state index contributed by atoms with van der Waals surface area (Å²) < 4.78 is 5.89. The molecule has 0 aliphatic rings. The van der Waals surface area contributed by atoms with E-state index in [2.05, 4.69) is 21.1 Å². The fourth-order valence-electron chi connectivity index (χ4n) is 1.24. The highest BCUT2D eigenvalue weighted by molar-refractivity contribution is 9.10. The van der Waals surface area contributed by atoms with Crippen molar-refractivity contribution in [2.75, 3.05) is 0 Å². The summed E-state index contributed by atoms with van der Waals surface area (Å²) in [6.07, 6.45) is 1.58. The lowest BCUT2D eigenvalue weighted by molar-refractivity contribution is 0.422. The van der Waals surface area contributed by atoms with Gasteiger partial charge in [-0.2, -0.15) is 0 Å². The van der Waals surface area contributed by atoms with E-state index < -0.39 is 0 Å². The van der Waals surface area contributed by atoms with Crippen LogP contribution in [0.4, 0.5) is 0 Å². The number of benzene rings is 1. The molecule has 0 radical (unpaired) electrons. The van der Waals surface area contributed by atoms with Gasteiger partial charge in [-0.1, -0.05) is 33.2 Å². The van der Waals surface area contributed by atoms with Gasteiger partial charge in [0.2, 0.25) is 0 Å². The Morgan fingerprint density at radius 2 is 2.15 bits per heavy atom. The molecule has 0 aliphatic carbocycles. The number of halogens is 1. The van der Waals surface area contributed by atoms with Gasteiger partial charge in [0.25, 0.3) is 0 Å². The van der Waals surface area contributed by atoms with E-state index in [1.54, 1.807) is 6.26 Å². The third kappa shape index (κ3) is 1.52. The third-order valence-corrected chi connectivity index (χ3v) is 2.84. The zero-order chi connectivity index (χ0) is 9.26. The van der Waals surface area contributed by atoms with Crippen molar-refractivity contribution in [3.8, 4) is 11.3 Å². The fourth-order valence-corrected chi connectivity index (χ4v) is 1.60. The van der Waals surface area contributed by atoms with Crippen molar-refractivity contribution in [3.05, 3.63) is 40.6 Å². The molecule has 0 N–H and O–H groups in total. The molecule has 1 heterocycles. The van der Waals surface area contributed by atoms with Crippen molar-refractivity contribution >= 4 is 15.9 Å². The van der Waals surface area contributed by atoms with Gasteiger partial charge in [0.15, 0.2) is 0 Å². The zero-order valence-corrected chi connectivity index (χ0v) is 8.71. The van der Waals surface area contributed by atoms with Gasteiger partial charge in [0, 0.05) is 16.1 Å². The van der Waals surface area contributed by atoms with Gasteiger partial charge in [-0.25, -0.2) is 0 Å². The first-order chi connectivity index (χ1) is 6.29. The number of hydrogen-bond donors (Lipinski definition) is 0. The molecule has 2 rings (SSSR count). The Morgan fingerprint density at radius 3 is 2.85 bits per heavy atom. The molecular weight excluding hydrogens is 230 g/mol. The van der Waals surface area contributed by atoms with Crippen LogP contribution in [-0.2, 0) is 0 Å². The van der Waals surface area contributed by atoms with Gasteiger partial charge in [-0.3, -0.25) is 0 Å². The molecule has 0 amide bonds. The van der Waals surface area contributed by atoms with E-state index in [0.29, 0.717) is 0 Å². The Kier molecular flexibility index (Phi) is 2.19. The number of hydrogen-bond acceptors (Lipinski definition) is 2. The van der Waals surface area contributed by atoms with Crippen molar-refractivity contribution in [1.82, 2.24) is 5.16 Å². The Labute approximate surface area is 84.7 Å². The van der Waals surface area contributed by atoms with Gasteiger partial charge in [0.05, 0.1) is 0 Å². The molecule has 2 aromatic rings. The molecule has 1 aromatic carbocycles. The summed E-state index contributed by atoms with van der Waals surface area (Å²) in [5, 5.41) is 3.89. The summed E-state index contributed by atoms with van der Waals surface area (Å²) in [7, 11) is 0. The van der Waals surface area contributed by atoms with E-state index in [1.165, 1.54) is 5.56 Å². The minimum atomic E-state index is 0.874. The van der Waals surface area contributed by atoms with E-state index >= 15 is 0 Å². The third-order valence-electron chi connectivity index (χ3n) is 1.98. The summed E-state index contributed by atoms with van der Waals surface area (Å²) in [4.78, 5) is 0. The van der Waals surface area contributed by atoms with Gasteiger partial charge in [-0.15, -0.1) is 0 Å². The molecule has 66 valence electrons.